The molecule has 0 N–H and O–H groups in total. The molecule has 0 bridgehead atoms. The Kier molecular flexibility index (Phi) is 3.17. The Hall–Kier alpha value is -1.91. The Morgan fingerprint density at radius 2 is 2.14 bits per heavy atom. The SMILES string of the molecule is COC(=O)C(=O)CC(=O)c1ccco1. The molecule has 74 valence electrons. The fourth-order valence-electron chi connectivity index (χ4n) is 0.856. The summed E-state index contributed by atoms with van der Waals surface area (Å²) < 4.78 is 8.91. The van der Waals surface area contributed by atoms with Crippen molar-refractivity contribution in [2.75, 3.05) is 7.11 Å². The highest BCUT2D eigenvalue weighted by atomic mass is 16.5. The molecule has 0 radical (unpaired) electrons. The highest BCUT2D eigenvalue weighted by molar-refractivity contribution is 6.37. The van der Waals surface area contributed by atoms with Crippen LogP contribution < -0.4 is 0 Å². The lowest BCUT2D eigenvalue weighted by Gasteiger charge is -1.95. The van der Waals surface area contributed by atoms with E-state index in [1.54, 1.807) is 0 Å². The molecule has 0 aliphatic carbocycles. The van der Waals surface area contributed by atoms with Crippen LogP contribution in [-0.2, 0) is 14.3 Å². The largest absolute Gasteiger partial charge is 0.463 e. The van der Waals surface area contributed by atoms with Gasteiger partial charge >= 0.3 is 5.97 Å². The topological polar surface area (TPSA) is 73.6 Å². The third kappa shape index (κ3) is 2.29. The van der Waals surface area contributed by atoms with Crippen LogP contribution in [0, 0.1) is 0 Å². The molecule has 0 fully saturated rings. The lowest BCUT2D eigenvalue weighted by Crippen LogP contribution is -2.19. The van der Waals surface area contributed by atoms with Gasteiger partial charge in [0.05, 0.1) is 19.8 Å². The fraction of sp³-hybridized carbons (Fsp3) is 0.222. The maximum absolute atomic E-state index is 11.2. The van der Waals surface area contributed by atoms with Gasteiger partial charge in [-0.1, -0.05) is 0 Å². The predicted octanol–water partition coefficient (Wildman–Crippen LogP) is 0.594. The van der Waals surface area contributed by atoms with Crippen LogP contribution in [0.2, 0.25) is 0 Å². The molecular formula is C9H8O5. The van der Waals surface area contributed by atoms with Crippen molar-refractivity contribution >= 4 is 17.5 Å². The first-order valence-corrected chi connectivity index (χ1v) is 3.83. The fourth-order valence-corrected chi connectivity index (χ4v) is 0.856. The summed E-state index contributed by atoms with van der Waals surface area (Å²) in [5.41, 5.74) is 0. The number of hydrogen-bond donors (Lipinski definition) is 0. The molecule has 0 atom stereocenters. The quantitative estimate of drug-likeness (QED) is 0.305. The van der Waals surface area contributed by atoms with Gasteiger partial charge in [-0.2, -0.15) is 0 Å². The molecule has 1 heterocycles. The van der Waals surface area contributed by atoms with Gasteiger partial charge in [0.2, 0.25) is 11.6 Å². The van der Waals surface area contributed by atoms with E-state index in [1.165, 1.54) is 18.4 Å². The average Bonchev–Trinajstić information content (AvgIpc) is 2.69. The van der Waals surface area contributed by atoms with Crippen molar-refractivity contribution in [3.8, 4) is 0 Å². The maximum Gasteiger partial charge on any atom is 0.374 e. The van der Waals surface area contributed by atoms with E-state index in [2.05, 4.69) is 4.74 Å². The summed E-state index contributed by atoms with van der Waals surface area (Å²) in [5, 5.41) is 0. The number of furan rings is 1. The lowest BCUT2D eigenvalue weighted by molar-refractivity contribution is -0.151. The molecule has 5 nitrogen and oxygen atoms in total. The Balaban J connectivity index is 2.58. The Bertz CT molecular complexity index is 349. The minimum Gasteiger partial charge on any atom is -0.463 e. The normalized spacial score (nSPS) is 9.50. The molecule has 0 amide bonds. The van der Waals surface area contributed by atoms with E-state index < -0.39 is 24.0 Å². The molecule has 1 aromatic heterocycles. The van der Waals surface area contributed by atoms with Gasteiger partial charge in [0.25, 0.3) is 0 Å². The van der Waals surface area contributed by atoms with Crippen molar-refractivity contribution < 1.29 is 23.5 Å². The summed E-state index contributed by atoms with van der Waals surface area (Å²) in [7, 11) is 1.08. The van der Waals surface area contributed by atoms with Crippen molar-refractivity contribution in [2.45, 2.75) is 6.42 Å². The van der Waals surface area contributed by atoms with Crippen LogP contribution in [0.3, 0.4) is 0 Å². The molecule has 0 unspecified atom stereocenters. The zero-order chi connectivity index (χ0) is 10.6. The smallest absolute Gasteiger partial charge is 0.374 e. The molecular weight excluding hydrogens is 188 g/mol. The van der Waals surface area contributed by atoms with Crippen molar-refractivity contribution in [3.63, 3.8) is 0 Å². The molecule has 0 saturated heterocycles. The zero-order valence-corrected chi connectivity index (χ0v) is 7.48. The molecule has 14 heavy (non-hydrogen) atoms. The number of rotatable bonds is 4. The Morgan fingerprint density at radius 3 is 2.64 bits per heavy atom. The molecule has 0 aliphatic rings. The van der Waals surface area contributed by atoms with Gasteiger partial charge in [0, 0.05) is 0 Å². The van der Waals surface area contributed by atoms with E-state index in [9.17, 15) is 14.4 Å². The monoisotopic (exact) mass is 196 g/mol. The average molecular weight is 196 g/mol. The van der Waals surface area contributed by atoms with Gasteiger partial charge in [-0.05, 0) is 12.1 Å². The van der Waals surface area contributed by atoms with Gasteiger partial charge in [-0.3, -0.25) is 9.59 Å². The van der Waals surface area contributed by atoms with E-state index in [0.717, 1.165) is 7.11 Å². The van der Waals surface area contributed by atoms with Crippen molar-refractivity contribution in [1.29, 1.82) is 0 Å². The summed E-state index contributed by atoms with van der Waals surface area (Å²) in [6, 6.07) is 2.95. The van der Waals surface area contributed by atoms with Gasteiger partial charge in [-0.25, -0.2) is 4.79 Å². The third-order valence-electron chi connectivity index (χ3n) is 1.53. The van der Waals surface area contributed by atoms with Crippen LogP contribution in [0.4, 0.5) is 0 Å². The predicted molar refractivity (Wildman–Crippen MR) is 44.7 cm³/mol. The molecule has 5 heteroatoms. The van der Waals surface area contributed by atoms with E-state index >= 15 is 0 Å². The number of methoxy groups -OCH3 is 1. The minimum absolute atomic E-state index is 0.0576. The molecule has 0 spiro atoms. The summed E-state index contributed by atoms with van der Waals surface area (Å²) in [4.78, 5) is 32.8. The number of hydrogen-bond acceptors (Lipinski definition) is 5. The lowest BCUT2D eigenvalue weighted by atomic mass is 10.1. The minimum atomic E-state index is -1.02. The summed E-state index contributed by atoms with van der Waals surface area (Å²) in [6.45, 7) is 0. The standard InChI is InChI=1S/C9H8O5/c1-13-9(12)7(11)5-6(10)8-3-2-4-14-8/h2-4H,5H2,1H3. The first-order valence-electron chi connectivity index (χ1n) is 3.83. The van der Waals surface area contributed by atoms with Crippen molar-refractivity contribution in [1.82, 2.24) is 0 Å². The van der Waals surface area contributed by atoms with E-state index in [4.69, 9.17) is 4.42 Å². The summed E-state index contributed by atoms with van der Waals surface area (Å²) >= 11 is 0. The number of ether oxygens (including phenoxy) is 1. The number of esters is 1. The second-order valence-corrected chi connectivity index (χ2v) is 2.49. The first kappa shape index (κ1) is 10.2. The van der Waals surface area contributed by atoms with Crippen LogP contribution in [0.25, 0.3) is 0 Å². The molecule has 0 aromatic carbocycles. The van der Waals surface area contributed by atoms with Crippen LogP contribution >= 0.6 is 0 Å². The van der Waals surface area contributed by atoms with E-state index in [-0.39, 0.29) is 5.76 Å². The van der Waals surface area contributed by atoms with Gasteiger partial charge < -0.3 is 9.15 Å². The van der Waals surface area contributed by atoms with Gasteiger partial charge in [-0.15, -0.1) is 0 Å². The first-order chi connectivity index (χ1) is 6.65. The van der Waals surface area contributed by atoms with E-state index in [0.29, 0.717) is 0 Å². The summed E-state index contributed by atoms with van der Waals surface area (Å²) in [6.07, 6.45) is 0.788. The van der Waals surface area contributed by atoms with Crippen LogP contribution in [0.1, 0.15) is 17.0 Å². The summed E-state index contributed by atoms with van der Waals surface area (Å²) in [5.74, 6) is -2.38. The van der Waals surface area contributed by atoms with Crippen molar-refractivity contribution in [3.05, 3.63) is 24.2 Å². The molecule has 1 rings (SSSR count). The van der Waals surface area contributed by atoms with Crippen molar-refractivity contribution in [2.24, 2.45) is 0 Å². The second-order valence-electron chi connectivity index (χ2n) is 2.49. The zero-order valence-electron chi connectivity index (χ0n) is 7.48. The Labute approximate surface area is 79.6 Å². The molecule has 1 aromatic rings. The van der Waals surface area contributed by atoms with E-state index in [1.807, 2.05) is 0 Å². The molecule has 0 aliphatic heterocycles. The number of carbonyl (C=O) groups is 3. The third-order valence-corrected chi connectivity index (χ3v) is 1.53. The van der Waals surface area contributed by atoms with Gasteiger partial charge in [0.15, 0.2) is 5.76 Å². The number of ketones is 2. The highest BCUT2D eigenvalue weighted by Crippen LogP contribution is 2.04. The van der Waals surface area contributed by atoms with Crippen LogP contribution in [0.15, 0.2) is 22.8 Å². The van der Waals surface area contributed by atoms with Crippen LogP contribution in [-0.4, -0.2) is 24.6 Å². The highest BCUT2D eigenvalue weighted by Gasteiger charge is 2.20. The second kappa shape index (κ2) is 4.36. The Morgan fingerprint density at radius 1 is 1.43 bits per heavy atom. The van der Waals surface area contributed by atoms with Crippen LogP contribution in [0.5, 0.6) is 0 Å². The van der Waals surface area contributed by atoms with Gasteiger partial charge in [0.1, 0.15) is 0 Å². The number of Topliss-reactive ketones (excluding diaryl/α,β-unsaturated/α-hetero) is 2. The molecule has 0 saturated carbocycles. The number of carbonyl (C=O) groups excluding carboxylic acids is 3. The maximum atomic E-state index is 11.2.